The van der Waals surface area contributed by atoms with Crippen molar-refractivity contribution < 1.29 is 19.5 Å². The zero-order valence-corrected chi connectivity index (χ0v) is 49.4. The number of likely N-dealkylation sites (N-methyl/N-ethyl adjacent to an activating group) is 2. The van der Waals surface area contributed by atoms with Crippen LogP contribution >= 0.6 is 11.6 Å². The highest BCUT2D eigenvalue weighted by Gasteiger charge is 2.19. The van der Waals surface area contributed by atoms with E-state index in [9.17, 15) is 24.3 Å². The van der Waals surface area contributed by atoms with Crippen molar-refractivity contribution in [2.45, 2.75) is 34.6 Å². The van der Waals surface area contributed by atoms with Gasteiger partial charge in [0.15, 0.2) is 5.43 Å². The molecule has 0 bridgehead atoms. The summed E-state index contributed by atoms with van der Waals surface area (Å²) in [5.41, 5.74) is 31.4. The van der Waals surface area contributed by atoms with Crippen LogP contribution in [0.5, 0.6) is 0 Å². The van der Waals surface area contributed by atoms with Crippen molar-refractivity contribution in [3.8, 4) is 0 Å². The molecule has 11 aromatic rings. The number of pyridine rings is 3. The van der Waals surface area contributed by atoms with Gasteiger partial charge in [-0.3, -0.25) is 14.4 Å². The van der Waals surface area contributed by atoms with Crippen molar-refractivity contribution in [2.75, 3.05) is 76.9 Å². The van der Waals surface area contributed by atoms with Gasteiger partial charge in [0.2, 0.25) is 0 Å². The Morgan fingerprint density at radius 2 is 0.917 bits per heavy atom. The number of fused-ring (bicyclic) bond motifs is 6. The number of carboxylic acid groups (broad SMARTS) is 1. The maximum atomic E-state index is 13.0. The third-order valence-electron chi connectivity index (χ3n) is 14.0. The number of amides is 2. The Morgan fingerprint density at radius 1 is 0.512 bits per heavy atom. The van der Waals surface area contributed by atoms with Gasteiger partial charge in [-0.25, -0.2) is 14.8 Å². The third-order valence-corrected chi connectivity index (χ3v) is 14.4. The highest BCUT2D eigenvalue weighted by Crippen LogP contribution is 2.37. The minimum absolute atomic E-state index is 0.111. The highest BCUT2D eigenvalue weighted by molar-refractivity contribution is 6.40. The Hall–Kier alpha value is -9.61. The molecule has 3 aromatic heterocycles. The van der Waals surface area contributed by atoms with Crippen LogP contribution in [0.1, 0.15) is 58.9 Å². The van der Waals surface area contributed by atoms with Crippen molar-refractivity contribution in [1.29, 1.82) is 0 Å². The van der Waals surface area contributed by atoms with Gasteiger partial charge in [-0.1, -0.05) is 90.5 Å². The molecule has 17 heteroatoms. The van der Waals surface area contributed by atoms with E-state index in [-0.39, 0.29) is 22.8 Å². The average Bonchev–Trinajstić information content (AvgIpc) is 0.996. The molecule has 0 saturated carbocycles. The molecule has 11 N–H and O–H groups in total. The maximum Gasteiger partial charge on any atom is 0.337 e. The summed E-state index contributed by atoms with van der Waals surface area (Å²) in [7, 11) is 7.91. The second-order valence-electron chi connectivity index (χ2n) is 21.3. The maximum absolute atomic E-state index is 13.0. The number of rotatable bonds is 11. The lowest BCUT2D eigenvalue weighted by Crippen LogP contribution is -2.31. The summed E-state index contributed by atoms with van der Waals surface area (Å²) in [6.45, 7) is 12.6. The number of benzene rings is 8. The Balaban J connectivity index is 0.000000157. The number of para-hydroxylation sites is 6. The minimum atomic E-state index is -1.05. The van der Waals surface area contributed by atoms with E-state index in [1.54, 1.807) is 30.3 Å². The van der Waals surface area contributed by atoms with Gasteiger partial charge in [0.25, 0.3) is 11.8 Å². The molecule has 0 radical (unpaired) electrons. The van der Waals surface area contributed by atoms with Crippen LogP contribution in [0.25, 0.3) is 65.4 Å². The second-order valence-corrected chi connectivity index (χ2v) is 21.7. The summed E-state index contributed by atoms with van der Waals surface area (Å²) in [6, 6.07) is 44.9. The van der Waals surface area contributed by atoms with Crippen molar-refractivity contribution in [3.05, 3.63) is 205 Å². The first-order valence-electron chi connectivity index (χ1n) is 27.3. The van der Waals surface area contributed by atoms with Gasteiger partial charge < -0.3 is 53.0 Å². The van der Waals surface area contributed by atoms with E-state index in [2.05, 4.69) is 33.1 Å². The van der Waals surface area contributed by atoms with Crippen molar-refractivity contribution in [2.24, 2.45) is 0 Å². The number of H-pyrrole nitrogens is 1. The number of aromatic nitrogens is 3. The standard InChI is InChI=1S/C26H29N5O.C19H20ClN3O.C15H11NO3.C7H10N2/c1-16-13-18(27)15-19(14-16)29-24-20-8-5-7-17(2)23(20)30-25-21(24)9-6-10-22(25)26(32)28-11-12-31(3)4;1-12-6-4-7-13-16(20)14-8-5-9-15(18(14)22-17(12)13)19(24)21-10-11-23(2)3;1-8-4-2-5-9-12(8)16-13-10(14(9)17)6-3-7-11(13)15(18)19;1-5-2-6(8)4-7(9)3-5/h5-10,13-15H,11-12,27H2,1-4H3,(H,28,32)(H,29,30);4-9H,10-11H2,1-3H3,(H,21,24);2-7H,1H3,(H,16,17)(H,18,19);2-4H,8-9H2,1H3. The van der Waals surface area contributed by atoms with Gasteiger partial charge in [0, 0.05) is 81.2 Å². The minimum Gasteiger partial charge on any atom is -0.478 e. The SMILES string of the molecule is Cc1cc(N)cc(N)c1.Cc1cc(N)cc(Nc2c3cccc(C)c3nc3c(C(=O)NCCN(C)C)cccc23)c1.Cc1cccc2c(=O)c3cccc(C(=O)O)c3[nH]c12.Cc1cccc2c(Cl)c3cccc(C(=O)NCCN(C)C)c3nc12. The number of carbonyl (C=O) groups is 3. The molecule has 0 fully saturated rings. The first-order chi connectivity index (χ1) is 40.1. The second kappa shape index (κ2) is 26.5. The fourth-order valence-electron chi connectivity index (χ4n) is 9.91. The van der Waals surface area contributed by atoms with E-state index in [0.717, 1.165) is 96.2 Å². The van der Waals surface area contributed by atoms with Crippen LogP contribution in [0.15, 0.2) is 150 Å². The van der Waals surface area contributed by atoms with Crippen LogP contribution < -0.4 is 38.6 Å². The molecule has 8 aromatic carbocycles. The first-order valence-corrected chi connectivity index (χ1v) is 27.7. The first kappa shape index (κ1) is 60.5. The quantitative estimate of drug-likeness (QED) is 0.0444. The van der Waals surface area contributed by atoms with Crippen LogP contribution in [-0.2, 0) is 0 Å². The molecule has 430 valence electrons. The summed E-state index contributed by atoms with van der Waals surface area (Å²) >= 11 is 6.59. The summed E-state index contributed by atoms with van der Waals surface area (Å²) < 4.78 is 0. The topological polar surface area (TPSA) is 251 Å². The smallest absolute Gasteiger partial charge is 0.337 e. The van der Waals surface area contributed by atoms with Crippen LogP contribution in [0.4, 0.5) is 28.4 Å². The van der Waals surface area contributed by atoms with Gasteiger partial charge >= 0.3 is 5.97 Å². The number of aryl methyl sites for hydroxylation is 5. The van der Waals surface area contributed by atoms with Crippen molar-refractivity contribution in [1.82, 2.24) is 35.4 Å². The summed E-state index contributed by atoms with van der Waals surface area (Å²) in [4.78, 5) is 66.0. The van der Waals surface area contributed by atoms with Crippen molar-refractivity contribution in [3.63, 3.8) is 0 Å². The predicted octanol–water partition coefficient (Wildman–Crippen LogP) is 12.1. The van der Waals surface area contributed by atoms with Crippen molar-refractivity contribution >= 4 is 123 Å². The lowest BCUT2D eigenvalue weighted by molar-refractivity contribution is 0.0698. The summed E-state index contributed by atoms with van der Waals surface area (Å²) in [5, 5.41) is 23.9. The van der Waals surface area contributed by atoms with Gasteiger partial charge in [-0.15, -0.1) is 0 Å². The normalized spacial score (nSPS) is 11.0. The fraction of sp³-hybridized carbons (Fsp3) is 0.194. The van der Waals surface area contributed by atoms with Crippen LogP contribution in [0.2, 0.25) is 5.02 Å². The van der Waals surface area contributed by atoms with E-state index in [4.69, 9.17) is 38.8 Å². The zero-order valence-electron chi connectivity index (χ0n) is 48.7. The Bertz CT molecular complexity index is 4300. The zero-order chi connectivity index (χ0) is 60.5. The number of aromatic carboxylic acids is 1. The number of anilines is 5. The van der Waals surface area contributed by atoms with E-state index < -0.39 is 5.97 Å². The number of halogens is 1. The molecule has 2 amide bonds. The van der Waals surface area contributed by atoms with E-state index in [0.29, 0.717) is 67.8 Å². The molecule has 0 saturated heterocycles. The summed E-state index contributed by atoms with van der Waals surface area (Å²) in [5.74, 6) is -1.29. The molecule has 16 nitrogen and oxygen atoms in total. The Morgan fingerprint density at radius 3 is 1.42 bits per heavy atom. The predicted molar refractivity (Wildman–Crippen MR) is 347 cm³/mol. The van der Waals surface area contributed by atoms with Gasteiger partial charge in [-0.05, 0) is 157 Å². The van der Waals surface area contributed by atoms with E-state index in [1.807, 2.05) is 170 Å². The van der Waals surface area contributed by atoms with Crippen LogP contribution in [0, 0.1) is 34.6 Å². The largest absolute Gasteiger partial charge is 0.478 e. The molecular weight excluding hydrogens is 1070 g/mol. The number of nitrogen functional groups attached to an aromatic ring is 3. The molecule has 84 heavy (non-hydrogen) atoms. The van der Waals surface area contributed by atoms with Gasteiger partial charge in [0.1, 0.15) is 0 Å². The monoisotopic (exact) mass is 1140 g/mol. The number of hydrogen-bond acceptors (Lipinski definition) is 12. The highest BCUT2D eigenvalue weighted by atomic mass is 35.5. The number of nitrogens with zero attached hydrogens (tertiary/aromatic N) is 4. The molecule has 0 aliphatic rings. The molecule has 0 aliphatic heterocycles. The van der Waals surface area contributed by atoms with E-state index >= 15 is 0 Å². The number of aromatic amines is 1. The third kappa shape index (κ3) is 14.0. The average molecular weight is 1140 g/mol. The number of carbonyl (C=O) groups excluding carboxylic acids is 2. The summed E-state index contributed by atoms with van der Waals surface area (Å²) in [6.07, 6.45) is 0. The molecule has 0 atom stereocenters. The number of nitrogens with one attached hydrogen (secondary N) is 4. The molecule has 3 heterocycles. The fourth-order valence-corrected chi connectivity index (χ4v) is 10.2. The number of carboxylic acids is 1. The molecule has 0 aliphatic carbocycles. The number of hydrogen-bond donors (Lipinski definition) is 8. The molecule has 0 unspecified atom stereocenters. The molecule has 11 rings (SSSR count). The lowest BCUT2D eigenvalue weighted by atomic mass is 10.0. The lowest BCUT2D eigenvalue weighted by Gasteiger charge is -2.17. The molecule has 0 spiro atoms. The Kier molecular flexibility index (Phi) is 19.1. The van der Waals surface area contributed by atoms with Gasteiger partial charge in [0.05, 0.1) is 60.5 Å². The van der Waals surface area contributed by atoms with E-state index in [1.165, 1.54) is 6.07 Å². The van der Waals surface area contributed by atoms with Gasteiger partial charge in [-0.2, -0.15) is 0 Å². The number of nitrogens with two attached hydrogens (primary N) is 3. The molecular formula is C67H70ClN11O5. The Labute approximate surface area is 492 Å². The van der Waals surface area contributed by atoms with Crippen LogP contribution in [0.3, 0.4) is 0 Å². The van der Waals surface area contributed by atoms with Crippen LogP contribution in [-0.4, -0.2) is 102 Å².